The van der Waals surface area contributed by atoms with Crippen molar-refractivity contribution in [1.29, 1.82) is 0 Å². The molecular weight excluding hydrogens is 456 g/mol. The Morgan fingerprint density at radius 1 is 1.06 bits per heavy atom. The van der Waals surface area contributed by atoms with Crippen molar-refractivity contribution in [1.82, 2.24) is 15.3 Å². The molecule has 4 aromatic rings. The topological polar surface area (TPSA) is 90.0 Å². The third-order valence-electron chi connectivity index (χ3n) is 5.20. The van der Waals surface area contributed by atoms with Crippen LogP contribution < -0.4 is 16.2 Å². The summed E-state index contributed by atoms with van der Waals surface area (Å²) in [5.74, 6) is 0.821. The highest BCUT2D eigenvalue weighted by atomic mass is 32.1. The van der Waals surface area contributed by atoms with Crippen molar-refractivity contribution in [3.8, 4) is 18.6 Å². The lowest BCUT2D eigenvalue weighted by atomic mass is 9.98. The predicted molar refractivity (Wildman–Crippen MR) is 149 cm³/mol. The molecule has 0 bridgehead atoms. The number of thiophene rings is 1. The van der Waals surface area contributed by atoms with Crippen molar-refractivity contribution in [3.05, 3.63) is 86.1 Å². The first kappa shape index (κ1) is 27.6. The van der Waals surface area contributed by atoms with E-state index in [2.05, 4.69) is 51.6 Å². The molecule has 0 aliphatic heterocycles. The van der Waals surface area contributed by atoms with Gasteiger partial charge in [-0.05, 0) is 87.1 Å². The number of H-pyrrole nitrogens is 1. The Morgan fingerprint density at radius 2 is 1.71 bits per heavy atom. The Kier molecular flexibility index (Phi) is 11.0. The second kappa shape index (κ2) is 14.0. The van der Waals surface area contributed by atoms with Gasteiger partial charge in [-0.3, -0.25) is 9.78 Å². The Balaban J connectivity index is 0.000000803. The molecule has 0 unspecified atom stereocenters. The van der Waals surface area contributed by atoms with E-state index in [1.165, 1.54) is 20.5 Å². The van der Waals surface area contributed by atoms with Gasteiger partial charge < -0.3 is 15.7 Å². The Labute approximate surface area is 211 Å². The lowest BCUT2D eigenvalue weighted by Gasteiger charge is -2.11. The van der Waals surface area contributed by atoms with Crippen LogP contribution in [0.2, 0.25) is 0 Å². The van der Waals surface area contributed by atoms with Crippen LogP contribution in [0, 0.1) is 26.7 Å². The molecule has 0 radical (unpaired) electrons. The number of aromatic nitrogens is 2. The number of rotatable bonds is 7. The standard InChI is InChI=1S/C24H25N3O2S.C2H7N.C2H2/c1-15-10-19(28)11-16(2)21(15)7-5-9-25-24-26-18(14-23(29)27-24)13-20-12-17-6-3-4-8-22(17)30-20;1-3-2;1-2/h3-4,6,8,10-12,14,28H,5,7,9,13H2,1-2H3,(H2,25,26,27,29);3H,1-2H3;1-2H. The van der Waals surface area contributed by atoms with E-state index in [9.17, 15) is 9.90 Å². The molecule has 0 saturated carbocycles. The fourth-order valence-electron chi connectivity index (χ4n) is 3.82. The maximum Gasteiger partial charge on any atom is 0.252 e. The van der Waals surface area contributed by atoms with Crippen LogP contribution in [0.4, 0.5) is 5.95 Å². The first-order valence-corrected chi connectivity index (χ1v) is 12.2. The van der Waals surface area contributed by atoms with Crippen LogP contribution in [0.1, 0.15) is 33.7 Å². The molecular formula is C28H34N4O2S. The van der Waals surface area contributed by atoms with E-state index in [0.29, 0.717) is 24.7 Å². The third kappa shape index (κ3) is 8.29. The lowest BCUT2D eigenvalue weighted by molar-refractivity contribution is 0.474. The number of hydrogen-bond acceptors (Lipinski definition) is 6. The third-order valence-corrected chi connectivity index (χ3v) is 6.32. The first-order valence-electron chi connectivity index (χ1n) is 11.4. The van der Waals surface area contributed by atoms with E-state index in [4.69, 9.17) is 0 Å². The molecule has 4 N–H and O–H groups in total. The average Bonchev–Trinajstić information content (AvgIpc) is 3.21. The number of benzene rings is 2. The predicted octanol–water partition coefficient (Wildman–Crippen LogP) is 5.03. The molecule has 35 heavy (non-hydrogen) atoms. The summed E-state index contributed by atoms with van der Waals surface area (Å²) in [4.78, 5) is 20.7. The normalized spacial score (nSPS) is 10.1. The fourth-order valence-corrected chi connectivity index (χ4v) is 4.90. The van der Waals surface area contributed by atoms with E-state index in [1.807, 2.05) is 40.1 Å². The summed E-state index contributed by atoms with van der Waals surface area (Å²) in [6.45, 7) is 4.74. The van der Waals surface area contributed by atoms with Gasteiger partial charge in [-0.15, -0.1) is 24.2 Å². The first-order chi connectivity index (χ1) is 16.9. The van der Waals surface area contributed by atoms with Crippen molar-refractivity contribution >= 4 is 27.4 Å². The van der Waals surface area contributed by atoms with E-state index >= 15 is 0 Å². The molecule has 0 amide bonds. The van der Waals surface area contributed by atoms with E-state index in [1.54, 1.807) is 29.5 Å². The number of anilines is 1. The smallest absolute Gasteiger partial charge is 0.252 e. The van der Waals surface area contributed by atoms with Crippen LogP contribution in [0.3, 0.4) is 0 Å². The Morgan fingerprint density at radius 3 is 2.37 bits per heavy atom. The Bertz CT molecular complexity index is 1250. The second-order valence-corrected chi connectivity index (χ2v) is 9.27. The number of aromatic hydroxyl groups is 1. The minimum Gasteiger partial charge on any atom is -0.508 e. The van der Waals surface area contributed by atoms with Crippen LogP contribution in [0.15, 0.2) is 53.3 Å². The van der Waals surface area contributed by atoms with Crippen LogP contribution >= 0.6 is 11.3 Å². The number of aromatic amines is 1. The highest BCUT2D eigenvalue weighted by Gasteiger charge is 2.08. The molecule has 0 fully saturated rings. The zero-order valence-corrected chi connectivity index (χ0v) is 21.6. The number of terminal acetylenes is 1. The molecule has 0 atom stereocenters. The van der Waals surface area contributed by atoms with Gasteiger partial charge in [-0.2, -0.15) is 0 Å². The molecule has 0 saturated heterocycles. The van der Waals surface area contributed by atoms with Gasteiger partial charge in [-0.1, -0.05) is 18.2 Å². The summed E-state index contributed by atoms with van der Waals surface area (Å²) in [6, 6.07) is 15.6. The fraction of sp³-hybridized carbons (Fsp3) is 0.286. The number of phenols is 1. The van der Waals surface area contributed by atoms with Gasteiger partial charge in [0.1, 0.15) is 5.75 Å². The number of phenolic OH excluding ortho intramolecular Hbond substituents is 1. The number of nitrogens with one attached hydrogen (secondary N) is 3. The highest BCUT2D eigenvalue weighted by Crippen LogP contribution is 2.26. The number of hydrogen-bond donors (Lipinski definition) is 4. The van der Waals surface area contributed by atoms with Gasteiger partial charge in [0.2, 0.25) is 5.95 Å². The summed E-state index contributed by atoms with van der Waals surface area (Å²) in [5, 5.41) is 16.9. The number of fused-ring (bicyclic) bond motifs is 1. The summed E-state index contributed by atoms with van der Waals surface area (Å²) < 4.78 is 1.25. The van der Waals surface area contributed by atoms with Crippen molar-refractivity contribution in [3.63, 3.8) is 0 Å². The summed E-state index contributed by atoms with van der Waals surface area (Å²) in [6.07, 6.45) is 10.4. The lowest BCUT2D eigenvalue weighted by Crippen LogP contribution is -2.15. The van der Waals surface area contributed by atoms with E-state index in [0.717, 1.165) is 29.7 Å². The quantitative estimate of drug-likeness (QED) is 0.216. The van der Waals surface area contributed by atoms with Crippen LogP contribution in [0.5, 0.6) is 5.75 Å². The van der Waals surface area contributed by atoms with Crippen molar-refractivity contribution in [2.75, 3.05) is 26.0 Å². The zero-order chi connectivity index (χ0) is 25.8. The maximum absolute atomic E-state index is 12.1. The van der Waals surface area contributed by atoms with Crippen LogP contribution in [-0.4, -0.2) is 35.7 Å². The van der Waals surface area contributed by atoms with Crippen LogP contribution in [-0.2, 0) is 12.8 Å². The molecule has 6 nitrogen and oxygen atoms in total. The summed E-state index contributed by atoms with van der Waals surface area (Å²) >= 11 is 1.74. The van der Waals surface area contributed by atoms with Gasteiger partial charge in [0.05, 0.1) is 5.69 Å². The van der Waals surface area contributed by atoms with Gasteiger partial charge >= 0.3 is 0 Å². The summed E-state index contributed by atoms with van der Waals surface area (Å²) in [7, 11) is 3.75. The molecule has 0 spiro atoms. The minimum absolute atomic E-state index is 0.145. The van der Waals surface area contributed by atoms with Gasteiger partial charge in [0.25, 0.3) is 5.56 Å². The second-order valence-electron chi connectivity index (χ2n) is 8.10. The van der Waals surface area contributed by atoms with Gasteiger partial charge in [0, 0.05) is 28.6 Å². The molecule has 2 heterocycles. The van der Waals surface area contributed by atoms with Gasteiger partial charge in [0.15, 0.2) is 0 Å². The van der Waals surface area contributed by atoms with Crippen LogP contribution in [0.25, 0.3) is 10.1 Å². The van der Waals surface area contributed by atoms with Gasteiger partial charge in [-0.25, -0.2) is 4.98 Å². The molecule has 2 aromatic heterocycles. The van der Waals surface area contributed by atoms with E-state index in [-0.39, 0.29) is 5.56 Å². The largest absolute Gasteiger partial charge is 0.508 e. The maximum atomic E-state index is 12.1. The Hall–Kier alpha value is -3.60. The summed E-state index contributed by atoms with van der Waals surface area (Å²) in [5.41, 5.74) is 4.08. The van der Waals surface area contributed by atoms with Crippen molar-refractivity contribution in [2.24, 2.45) is 0 Å². The van der Waals surface area contributed by atoms with E-state index < -0.39 is 0 Å². The molecule has 2 aromatic carbocycles. The SMILES string of the molecule is C#C.CNC.Cc1cc(O)cc(C)c1CCCNc1nc(Cc2cc3ccccc3s2)cc(=O)[nH]1. The number of nitrogens with zero attached hydrogens (tertiary/aromatic N) is 1. The minimum atomic E-state index is -0.145. The molecule has 184 valence electrons. The monoisotopic (exact) mass is 490 g/mol. The molecule has 7 heteroatoms. The average molecular weight is 491 g/mol. The van der Waals surface area contributed by atoms with Crippen molar-refractivity contribution in [2.45, 2.75) is 33.1 Å². The molecule has 4 rings (SSSR count). The highest BCUT2D eigenvalue weighted by molar-refractivity contribution is 7.19. The zero-order valence-electron chi connectivity index (χ0n) is 20.8. The molecule has 0 aliphatic rings. The van der Waals surface area contributed by atoms with Crippen molar-refractivity contribution < 1.29 is 5.11 Å². The molecule has 0 aliphatic carbocycles. The number of aryl methyl sites for hydroxylation is 2.